The van der Waals surface area contributed by atoms with Gasteiger partial charge in [-0.15, -0.1) is 0 Å². The van der Waals surface area contributed by atoms with E-state index in [1.807, 2.05) is 12.1 Å². The van der Waals surface area contributed by atoms with Crippen molar-refractivity contribution in [3.63, 3.8) is 0 Å². The van der Waals surface area contributed by atoms with E-state index in [0.29, 0.717) is 12.0 Å². The number of benzene rings is 2. The summed E-state index contributed by atoms with van der Waals surface area (Å²) in [5.74, 6) is 0. The van der Waals surface area contributed by atoms with Gasteiger partial charge in [-0.2, -0.15) is 18.4 Å². The second-order valence-corrected chi connectivity index (χ2v) is 8.30. The number of carbonyl (C=O) groups is 1. The first-order valence-electron chi connectivity index (χ1n) is 10.6. The molecule has 1 fully saturated rings. The van der Waals surface area contributed by atoms with Crippen LogP contribution >= 0.6 is 0 Å². The molecule has 1 saturated carbocycles. The number of nitrogens with one attached hydrogen (secondary N) is 1. The van der Waals surface area contributed by atoms with Crippen molar-refractivity contribution in [1.29, 1.82) is 5.26 Å². The molecule has 32 heavy (non-hydrogen) atoms. The van der Waals surface area contributed by atoms with Crippen molar-refractivity contribution in [2.45, 2.75) is 44.3 Å². The van der Waals surface area contributed by atoms with Crippen LogP contribution in [0.5, 0.6) is 0 Å². The Morgan fingerprint density at radius 3 is 2.44 bits per heavy atom. The predicted molar refractivity (Wildman–Crippen MR) is 113 cm³/mol. The second kappa shape index (κ2) is 7.56. The van der Waals surface area contributed by atoms with Crippen molar-refractivity contribution in [3.8, 4) is 6.07 Å². The number of carbonyl (C=O) groups excluding carboxylic acids is 1. The molecule has 0 radical (unpaired) electrons. The van der Waals surface area contributed by atoms with Crippen molar-refractivity contribution in [3.05, 3.63) is 87.6 Å². The van der Waals surface area contributed by atoms with Crippen LogP contribution in [0.4, 0.5) is 23.7 Å². The smallest absolute Gasteiger partial charge is 0.326 e. The van der Waals surface area contributed by atoms with E-state index in [2.05, 4.69) is 11.4 Å². The quantitative estimate of drug-likeness (QED) is 0.595. The Labute approximate surface area is 183 Å². The number of hydrogen-bond acceptors (Lipinski definition) is 2. The maximum atomic E-state index is 13.3. The van der Waals surface area contributed by atoms with Gasteiger partial charge in [-0.25, -0.2) is 4.79 Å². The van der Waals surface area contributed by atoms with Crippen LogP contribution in [0, 0.1) is 11.3 Å². The largest absolute Gasteiger partial charge is 0.416 e. The summed E-state index contributed by atoms with van der Waals surface area (Å²) < 4.78 is 40.0. The van der Waals surface area contributed by atoms with Crippen molar-refractivity contribution < 1.29 is 18.0 Å². The third kappa shape index (κ3) is 3.56. The van der Waals surface area contributed by atoms with Gasteiger partial charge >= 0.3 is 12.2 Å². The normalized spacial score (nSPS) is 20.6. The Kier molecular flexibility index (Phi) is 4.81. The SMILES string of the molecule is N#Cc1ccc(C2NC(=O)N(c3cccc(C(F)(F)F)c3)C3=C2C(=C2CC2)CCC3)cc1. The Morgan fingerprint density at radius 2 is 1.78 bits per heavy atom. The summed E-state index contributed by atoms with van der Waals surface area (Å²) in [6.07, 6.45) is -0.0953. The molecule has 5 rings (SSSR count). The van der Waals surface area contributed by atoms with Crippen molar-refractivity contribution in [2.24, 2.45) is 0 Å². The molecule has 0 aromatic heterocycles. The van der Waals surface area contributed by atoms with Gasteiger partial charge in [0.1, 0.15) is 0 Å². The third-order valence-corrected chi connectivity index (χ3v) is 6.24. The van der Waals surface area contributed by atoms with Gasteiger partial charge in [0.25, 0.3) is 0 Å². The summed E-state index contributed by atoms with van der Waals surface area (Å²) in [5, 5.41) is 12.1. The zero-order valence-corrected chi connectivity index (χ0v) is 17.2. The average Bonchev–Trinajstić information content (AvgIpc) is 3.63. The van der Waals surface area contributed by atoms with E-state index in [1.165, 1.54) is 22.1 Å². The van der Waals surface area contributed by atoms with Crippen LogP contribution in [-0.4, -0.2) is 6.03 Å². The zero-order chi connectivity index (χ0) is 22.5. The standard InChI is InChI=1S/C25H20F3N3O/c26-25(27,28)18-3-1-4-19(13-18)31-21-6-2-5-20(16-11-12-16)22(21)23(30-24(31)32)17-9-7-15(14-29)8-10-17/h1,3-4,7-10,13,23H,2,5-6,11-12H2,(H,30,32). The highest BCUT2D eigenvalue weighted by Crippen LogP contribution is 2.48. The molecule has 1 unspecified atom stereocenters. The number of halogens is 3. The highest BCUT2D eigenvalue weighted by Gasteiger charge is 2.40. The molecule has 3 aliphatic rings. The van der Waals surface area contributed by atoms with E-state index in [-0.39, 0.29) is 5.69 Å². The number of urea groups is 1. The number of nitriles is 1. The van der Waals surface area contributed by atoms with Crippen LogP contribution in [0.1, 0.15) is 54.8 Å². The number of allylic oxidation sites excluding steroid dienone is 2. The lowest BCUT2D eigenvalue weighted by Crippen LogP contribution is -2.48. The Bertz CT molecular complexity index is 1200. The van der Waals surface area contributed by atoms with Gasteiger partial charge in [0.05, 0.1) is 28.9 Å². The number of amides is 2. The van der Waals surface area contributed by atoms with E-state index in [1.54, 1.807) is 18.2 Å². The Hall–Kier alpha value is -3.53. The summed E-state index contributed by atoms with van der Waals surface area (Å²) in [7, 11) is 0. The van der Waals surface area contributed by atoms with Crippen molar-refractivity contribution >= 4 is 11.7 Å². The number of anilines is 1. The lowest BCUT2D eigenvalue weighted by Gasteiger charge is -2.41. The van der Waals surface area contributed by atoms with E-state index >= 15 is 0 Å². The third-order valence-electron chi connectivity index (χ3n) is 6.24. The fourth-order valence-electron chi connectivity index (χ4n) is 4.66. The predicted octanol–water partition coefficient (Wildman–Crippen LogP) is 6.38. The highest BCUT2D eigenvalue weighted by atomic mass is 19.4. The summed E-state index contributed by atoms with van der Waals surface area (Å²) in [4.78, 5) is 14.7. The first-order valence-corrected chi connectivity index (χ1v) is 10.6. The molecule has 0 saturated heterocycles. The minimum atomic E-state index is -4.49. The van der Waals surface area contributed by atoms with Crippen LogP contribution in [0.3, 0.4) is 0 Å². The number of nitrogens with zero attached hydrogens (tertiary/aromatic N) is 2. The maximum absolute atomic E-state index is 13.3. The molecular formula is C25H20F3N3O. The molecule has 2 aromatic carbocycles. The fourth-order valence-corrected chi connectivity index (χ4v) is 4.66. The molecule has 4 nitrogen and oxygen atoms in total. The number of alkyl halides is 3. The lowest BCUT2D eigenvalue weighted by atomic mass is 9.81. The monoisotopic (exact) mass is 435 g/mol. The van der Waals surface area contributed by atoms with E-state index < -0.39 is 23.8 Å². The molecule has 162 valence electrons. The molecule has 7 heteroatoms. The molecule has 1 aliphatic heterocycles. The van der Waals surface area contributed by atoms with Gasteiger partial charge in [0.15, 0.2) is 0 Å². The molecule has 1 N–H and O–H groups in total. The molecule has 1 atom stereocenters. The molecular weight excluding hydrogens is 415 g/mol. The minimum Gasteiger partial charge on any atom is -0.326 e. The number of rotatable bonds is 2. The van der Waals surface area contributed by atoms with Crippen molar-refractivity contribution in [1.82, 2.24) is 5.32 Å². The minimum absolute atomic E-state index is 0.213. The molecule has 0 bridgehead atoms. The number of hydrogen-bond donors (Lipinski definition) is 1. The van der Waals surface area contributed by atoms with Gasteiger partial charge in [-0.3, -0.25) is 4.90 Å². The molecule has 2 amide bonds. The Balaban J connectivity index is 1.66. The van der Waals surface area contributed by atoms with Gasteiger partial charge in [0.2, 0.25) is 0 Å². The summed E-state index contributed by atoms with van der Waals surface area (Å²) in [6, 6.07) is 13.3. The van der Waals surface area contributed by atoms with Gasteiger partial charge in [-0.1, -0.05) is 23.8 Å². The van der Waals surface area contributed by atoms with Gasteiger partial charge in [-0.05, 0) is 73.6 Å². The Morgan fingerprint density at radius 1 is 1.03 bits per heavy atom. The summed E-state index contributed by atoms with van der Waals surface area (Å²) in [6.45, 7) is 0. The zero-order valence-electron chi connectivity index (χ0n) is 17.2. The van der Waals surface area contributed by atoms with Crippen LogP contribution in [0.2, 0.25) is 0 Å². The van der Waals surface area contributed by atoms with Crippen LogP contribution in [0.15, 0.2) is 70.9 Å². The van der Waals surface area contributed by atoms with E-state index in [9.17, 15) is 18.0 Å². The lowest BCUT2D eigenvalue weighted by molar-refractivity contribution is -0.137. The molecule has 0 spiro atoms. The van der Waals surface area contributed by atoms with Crippen molar-refractivity contribution in [2.75, 3.05) is 4.90 Å². The summed E-state index contributed by atoms with van der Waals surface area (Å²) in [5.41, 5.74) is 5.15. The van der Waals surface area contributed by atoms with Gasteiger partial charge in [0, 0.05) is 11.3 Å². The van der Waals surface area contributed by atoms with Crippen LogP contribution in [-0.2, 0) is 6.18 Å². The van der Waals surface area contributed by atoms with Gasteiger partial charge < -0.3 is 5.32 Å². The van der Waals surface area contributed by atoms with E-state index in [4.69, 9.17) is 5.26 Å². The highest BCUT2D eigenvalue weighted by molar-refractivity contribution is 5.98. The first kappa shape index (κ1) is 20.4. The molecule has 2 aromatic rings. The van der Waals surface area contributed by atoms with E-state index in [0.717, 1.165) is 54.6 Å². The summed E-state index contributed by atoms with van der Waals surface area (Å²) >= 11 is 0. The first-order chi connectivity index (χ1) is 15.4. The topological polar surface area (TPSA) is 56.1 Å². The fraction of sp³-hybridized carbons (Fsp3) is 0.280. The molecule has 1 heterocycles. The second-order valence-electron chi connectivity index (χ2n) is 8.30. The van der Waals surface area contributed by atoms with Crippen LogP contribution in [0.25, 0.3) is 0 Å². The average molecular weight is 435 g/mol. The maximum Gasteiger partial charge on any atom is 0.416 e. The van der Waals surface area contributed by atoms with Crippen LogP contribution < -0.4 is 10.2 Å². The molecule has 2 aliphatic carbocycles.